The number of amides is 1. The van der Waals surface area contributed by atoms with Gasteiger partial charge >= 0.3 is 5.97 Å². The summed E-state index contributed by atoms with van der Waals surface area (Å²) in [4.78, 5) is 52.2. The van der Waals surface area contributed by atoms with Crippen LogP contribution in [0.3, 0.4) is 0 Å². The standard InChI is InChI=1S/C22H29N3O6/c1-21(2)12-16(26)13-22(3,4)24(21)19(27)14-31-20(28)17-11-15(25(29)30)7-8-18(17)23-9-5-6-10-23/h7-8,11H,5-6,9-10,12-14H2,1-4H3. The number of hydrogen-bond donors (Lipinski definition) is 0. The number of benzene rings is 1. The summed E-state index contributed by atoms with van der Waals surface area (Å²) in [6.07, 6.45) is 2.42. The van der Waals surface area contributed by atoms with Gasteiger partial charge in [-0.1, -0.05) is 0 Å². The molecule has 0 spiro atoms. The highest BCUT2D eigenvalue weighted by molar-refractivity contribution is 5.98. The molecule has 2 aliphatic rings. The molecule has 0 unspecified atom stereocenters. The lowest BCUT2D eigenvalue weighted by Crippen LogP contribution is -2.63. The molecule has 0 aromatic heterocycles. The molecule has 2 heterocycles. The first-order valence-corrected chi connectivity index (χ1v) is 10.5. The molecule has 1 aromatic carbocycles. The van der Waals surface area contributed by atoms with Crippen molar-refractivity contribution in [3.8, 4) is 0 Å². The molecule has 9 nitrogen and oxygen atoms in total. The number of likely N-dealkylation sites (tertiary alicyclic amines) is 1. The lowest BCUT2D eigenvalue weighted by atomic mass is 9.79. The molecule has 0 saturated carbocycles. The van der Waals surface area contributed by atoms with Gasteiger partial charge in [-0.3, -0.25) is 19.7 Å². The Morgan fingerprint density at radius 2 is 1.68 bits per heavy atom. The molecule has 1 amide bonds. The number of ether oxygens (including phenoxy) is 1. The van der Waals surface area contributed by atoms with E-state index in [1.54, 1.807) is 11.0 Å². The van der Waals surface area contributed by atoms with E-state index in [0.29, 0.717) is 5.69 Å². The second-order valence-electron chi connectivity index (χ2n) is 9.48. The number of rotatable bonds is 5. The summed E-state index contributed by atoms with van der Waals surface area (Å²) in [6, 6.07) is 4.13. The summed E-state index contributed by atoms with van der Waals surface area (Å²) in [5, 5.41) is 11.2. The predicted molar refractivity (Wildman–Crippen MR) is 114 cm³/mol. The number of hydrogen-bond acceptors (Lipinski definition) is 7. The zero-order valence-corrected chi connectivity index (χ0v) is 18.5. The minimum Gasteiger partial charge on any atom is -0.452 e. The average Bonchev–Trinajstić information content (AvgIpc) is 3.17. The van der Waals surface area contributed by atoms with E-state index < -0.39 is 34.5 Å². The first kappa shape index (κ1) is 22.7. The van der Waals surface area contributed by atoms with Crippen molar-refractivity contribution in [1.29, 1.82) is 0 Å². The third-order valence-electron chi connectivity index (χ3n) is 5.90. The summed E-state index contributed by atoms with van der Waals surface area (Å²) in [5.41, 5.74) is -0.956. The number of carbonyl (C=O) groups excluding carboxylic acids is 3. The molecular weight excluding hydrogens is 402 g/mol. The van der Waals surface area contributed by atoms with E-state index in [2.05, 4.69) is 0 Å². The van der Waals surface area contributed by atoms with Crippen molar-refractivity contribution in [3.63, 3.8) is 0 Å². The highest BCUT2D eigenvalue weighted by Gasteiger charge is 2.47. The maximum atomic E-state index is 13.0. The van der Waals surface area contributed by atoms with Gasteiger partial charge in [0.2, 0.25) is 0 Å². The molecule has 0 atom stereocenters. The second-order valence-corrected chi connectivity index (χ2v) is 9.48. The van der Waals surface area contributed by atoms with E-state index in [0.717, 1.165) is 25.9 Å². The van der Waals surface area contributed by atoms with Gasteiger partial charge < -0.3 is 14.5 Å². The van der Waals surface area contributed by atoms with Crippen molar-refractivity contribution in [2.24, 2.45) is 0 Å². The highest BCUT2D eigenvalue weighted by Crippen LogP contribution is 2.36. The Morgan fingerprint density at radius 3 is 2.23 bits per heavy atom. The molecule has 1 aromatic rings. The fraction of sp³-hybridized carbons (Fsp3) is 0.591. The van der Waals surface area contributed by atoms with Crippen molar-refractivity contribution in [2.45, 2.75) is 64.5 Å². The van der Waals surface area contributed by atoms with Gasteiger partial charge in [0.1, 0.15) is 5.78 Å². The number of carbonyl (C=O) groups is 3. The Balaban J connectivity index is 1.80. The van der Waals surface area contributed by atoms with E-state index in [1.807, 2.05) is 32.6 Å². The number of piperidine rings is 1. The van der Waals surface area contributed by atoms with Crippen molar-refractivity contribution in [2.75, 3.05) is 24.6 Å². The number of nitrogens with zero attached hydrogens (tertiary/aromatic N) is 3. The van der Waals surface area contributed by atoms with Crippen LogP contribution >= 0.6 is 0 Å². The van der Waals surface area contributed by atoms with E-state index in [4.69, 9.17) is 4.74 Å². The number of esters is 1. The Hall–Kier alpha value is -2.97. The SMILES string of the molecule is CC1(C)CC(=O)CC(C)(C)N1C(=O)COC(=O)c1cc([N+](=O)[O-])ccc1N1CCCC1. The number of ketones is 1. The van der Waals surface area contributed by atoms with Gasteiger partial charge in [-0.05, 0) is 46.6 Å². The molecule has 2 aliphatic heterocycles. The maximum absolute atomic E-state index is 13.0. The monoisotopic (exact) mass is 431 g/mol. The Bertz CT molecular complexity index is 898. The molecule has 2 fully saturated rings. The number of nitro groups is 1. The van der Waals surface area contributed by atoms with E-state index in [-0.39, 0.29) is 29.9 Å². The van der Waals surface area contributed by atoms with Crippen molar-refractivity contribution < 1.29 is 24.0 Å². The number of nitro benzene ring substituents is 1. The fourth-order valence-corrected chi connectivity index (χ4v) is 4.98. The largest absolute Gasteiger partial charge is 0.452 e. The molecule has 0 N–H and O–H groups in total. The van der Waals surface area contributed by atoms with Crippen LogP contribution in [-0.2, 0) is 14.3 Å². The van der Waals surface area contributed by atoms with Crippen LogP contribution < -0.4 is 4.90 Å². The van der Waals surface area contributed by atoms with Gasteiger partial charge in [0.15, 0.2) is 6.61 Å². The van der Waals surface area contributed by atoms with Crippen LogP contribution in [0.1, 0.15) is 63.7 Å². The normalized spacial score (nSPS) is 19.9. The summed E-state index contributed by atoms with van der Waals surface area (Å²) >= 11 is 0. The highest BCUT2D eigenvalue weighted by atomic mass is 16.6. The molecular formula is C22H29N3O6. The average molecular weight is 431 g/mol. The van der Waals surface area contributed by atoms with Crippen molar-refractivity contribution >= 4 is 29.0 Å². The topological polar surface area (TPSA) is 110 Å². The van der Waals surface area contributed by atoms with Gasteiger partial charge in [-0.15, -0.1) is 0 Å². The quantitative estimate of drug-likeness (QED) is 0.400. The van der Waals surface area contributed by atoms with Crippen LogP contribution in [-0.4, -0.2) is 58.3 Å². The van der Waals surface area contributed by atoms with Gasteiger partial charge in [0.25, 0.3) is 11.6 Å². The minimum absolute atomic E-state index is 0.0799. The Morgan fingerprint density at radius 1 is 1.10 bits per heavy atom. The van der Waals surface area contributed by atoms with Crippen molar-refractivity contribution in [3.05, 3.63) is 33.9 Å². The van der Waals surface area contributed by atoms with Crippen LogP contribution in [0.5, 0.6) is 0 Å². The van der Waals surface area contributed by atoms with Crippen LogP contribution in [0.15, 0.2) is 18.2 Å². The maximum Gasteiger partial charge on any atom is 0.341 e. The Kier molecular flexibility index (Phi) is 6.07. The molecule has 9 heteroatoms. The van der Waals surface area contributed by atoms with Crippen LogP contribution in [0.4, 0.5) is 11.4 Å². The van der Waals surface area contributed by atoms with Crippen molar-refractivity contribution in [1.82, 2.24) is 4.90 Å². The molecule has 31 heavy (non-hydrogen) atoms. The Labute approximate surface area is 181 Å². The van der Waals surface area contributed by atoms with Crippen LogP contribution in [0.2, 0.25) is 0 Å². The lowest BCUT2D eigenvalue weighted by Gasteiger charge is -2.51. The smallest absolute Gasteiger partial charge is 0.341 e. The first-order valence-electron chi connectivity index (χ1n) is 10.5. The minimum atomic E-state index is -0.775. The number of non-ortho nitro benzene ring substituents is 1. The van der Waals surface area contributed by atoms with Gasteiger partial charge in [-0.25, -0.2) is 4.79 Å². The predicted octanol–water partition coefficient (Wildman–Crippen LogP) is 3.10. The van der Waals surface area contributed by atoms with Gasteiger partial charge in [0.05, 0.1) is 16.2 Å². The van der Waals surface area contributed by atoms with E-state index >= 15 is 0 Å². The van der Waals surface area contributed by atoms with Crippen LogP contribution in [0.25, 0.3) is 0 Å². The van der Waals surface area contributed by atoms with E-state index in [1.165, 1.54) is 12.1 Å². The number of anilines is 1. The summed E-state index contributed by atoms with van der Waals surface area (Å²) in [7, 11) is 0. The lowest BCUT2D eigenvalue weighted by molar-refractivity contribution is -0.384. The van der Waals surface area contributed by atoms with Gasteiger partial charge in [0, 0.05) is 49.1 Å². The zero-order valence-electron chi connectivity index (χ0n) is 18.5. The third kappa shape index (κ3) is 4.70. The molecule has 3 rings (SSSR count). The molecule has 168 valence electrons. The summed E-state index contributed by atoms with van der Waals surface area (Å²) in [5.74, 6) is -1.09. The second kappa shape index (κ2) is 8.28. The molecule has 0 aliphatic carbocycles. The molecule has 0 radical (unpaired) electrons. The van der Waals surface area contributed by atoms with E-state index in [9.17, 15) is 24.5 Å². The summed E-state index contributed by atoms with van der Waals surface area (Å²) < 4.78 is 5.33. The molecule has 0 bridgehead atoms. The zero-order chi connectivity index (χ0) is 23.0. The third-order valence-corrected chi connectivity index (χ3v) is 5.90. The first-order chi connectivity index (χ1) is 14.4. The fourth-order valence-electron chi connectivity index (χ4n) is 4.98. The number of Topliss-reactive ketones (excluding diaryl/α,β-unsaturated/α-hetero) is 1. The molecule has 2 saturated heterocycles. The van der Waals surface area contributed by atoms with Crippen LogP contribution in [0, 0.1) is 10.1 Å². The summed E-state index contributed by atoms with van der Waals surface area (Å²) in [6.45, 7) is 8.27. The van der Waals surface area contributed by atoms with Gasteiger partial charge in [-0.2, -0.15) is 0 Å².